The number of hydrogen-bond acceptors (Lipinski definition) is 4. The highest BCUT2D eigenvalue weighted by Gasteiger charge is 2.31. The van der Waals surface area contributed by atoms with Gasteiger partial charge in [0, 0.05) is 10.3 Å². The predicted octanol–water partition coefficient (Wildman–Crippen LogP) is 5.67. The van der Waals surface area contributed by atoms with Gasteiger partial charge in [-0.05, 0) is 41.8 Å². The van der Waals surface area contributed by atoms with E-state index in [1.807, 2.05) is 24.4 Å². The number of alkyl halides is 3. The molecule has 0 aliphatic heterocycles. The first-order valence-corrected chi connectivity index (χ1v) is 10.1. The molecule has 0 atom stereocenters. The Hall–Kier alpha value is -2.06. The van der Waals surface area contributed by atoms with Crippen LogP contribution in [0, 0.1) is 6.92 Å². The SMILES string of the molecule is CCSc1nc2cc(C(F)(F)F)ccc2c(C)c1C(=O)NCc1cccs1. The lowest BCUT2D eigenvalue weighted by atomic mass is 10.0. The number of benzene rings is 1. The molecule has 0 spiro atoms. The molecule has 0 fully saturated rings. The molecular weight excluding hydrogens is 393 g/mol. The molecule has 3 aromatic rings. The Morgan fingerprint density at radius 3 is 2.70 bits per heavy atom. The van der Waals surface area contributed by atoms with Gasteiger partial charge in [-0.15, -0.1) is 23.1 Å². The molecule has 2 heterocycles. The summed E-state index contributed by atoms with van der Waals surface area (Å²) in [6.07, 6.45) is -4.43. The third-order valence-electron chi connectivity index (χ3n) is 4.05. The molecule has 0 saturated heterocycles. The third kappa shape index (κ3) is 4.27. The van der Waals surface area contributed by atoms with Gasteiger partial charge < -0.3 is 5.32 Å². The minimum atomic E-state index is -4.43. The van der Waals surface area contributed by atoms with Crippen molar-refractivity contribution in [3.05, 3.63) is 57.3 Å². The normalized spacial score (nSPS) is 11.7. The van der Waals surface area contributed by atoms with Crippen LogP contribution in [0.2, 0.25) is 0 Å². The summed E-state index contributed by atoms with van der Waals surface area (Å²) in [7, 11) is 0. The Balaban J connectivity index is 2.03. The smallest absolute Gasteiger partial charge is 0.347 e. The number of aryl methyl sites for hydroxylation is 1. The molecule has 0 bridgehead atoms. The number of nitrogens with one attached hydrogen (secondary N) is 1. The molecule has 1 aromatic carbocycles. The topological polar surface area (TPSA) is 42.0 Å². The first-order valence-electron chi connectivity index (χ1n) is 8.26. The van der Waals surface area contributed by atoms with E-state index in [9.17, 15) is 18.0 Å². The van der Waals surface area contributed by atoms with Gasteiger partial charge in [-0.1, -0.05) is 19.1 Å². The minimum absolute atomic E-state index is 0.244. The number of aromatic nitrogens is 1. The summed E-state index contributed by atoms with van der Waals surface area (Å²) in [6.45, 7) is 4.06. The van der Waals surface area contributed by atoms with E-state index < -0.39 is 11.7 Å². The van der Waals surface area contributed by atoms with Gasteiger partial charge in [0.25, 0.3) is 5.91 Å². The van der Waals surface area contributed by atoms with Crippen molar-refractivity contribution in [3.8, 4) is 0 Å². The van der Waals surface area contributed by atoms with E-state index in [4.69, 9.17) is 0 Å². The second-order valence-electron chi connectivity index (χ2n) is 5.84. The first-order chi connectivity index (χ1) is 12.8. The number of hydrogen-bond donors (Lipinski definition) is 1. The molecule has 0 radical (unpaired) electrons. The molecule has 8 heteroatoms. The average molecular weight is 410 g/mol. The van der Waals surface area contributed by atoms with Crippen LogP contribution in [0.5, 0.6) is 0 Å². The second kappa shape index (κ2) is 7.90. The molecule has 27 heavy (non-hydrogen) atoms. The van der Waals surface area contributed by atoms with E-state index >= 15 is 0 Å². The van der Waals surface area contributed by atoms with E-state index in [-0.39, 0.29) is 11.4 Å². The van der Waals surface area contributed by atoms with Crippen LogP contribution in [-0.4, -0.2) is 16.6 Å². The maximum Gasteiger partial charge on any atom is 0.416 e. The quantitative estimate of drug-likeness (QED) is 0.552. The maximum absolute atomic E-state index is 13.0. The van der Waals surface area contributed by atoms with Gasteiger partial charge in [-0.25, -0.2) is 4.98 Å². The lowest BCUT2D eigenvalue weighted by Gasteiger charge is -2.15. The summed E-state index contributed by atoms with van der Waals surface area (Å²) in [5.41, 5.74) is 0.552. The van der Waals surface area contributed by atoms with Crippen LogP contribution in [0.15, 0.2) is 40.7 Å². The monoisotopic (exact) mass is 410 g/mol. The number of halogens is 3. The van der Waals surface area contributed by atoms with Crippen molar-refractivity contribution in [2.24, 2.45) is 0 Å². The molecular formula is C19H17F3N2OS2. The van der Waals surface area contributed by atoms with E-state index in [0.29, 0.717) is 33.8 Å². The lowest BCUT2D eigenvalue weighted by Crippen LogP contribution is -2.24. The van der Waals surface area contributed by atoms with Crippen LogP contribution in [-0.2, 0) is 12.7 Å². The Labute approximate surface area is 163 Å². The minimum Gasteiger partial charge on any atom is -0.347 e. The summed E-state index contributed by atoms with van der Waals surface area (Å²) >= 11 is 2.89. The summed E-state index contributed by atoms with van der Waals surface area (Å²) in [5, 5.41) is 5.81. The molecule has 142 valence electrons. The van der Waals surface area contributed by atoms with Gasteiger partial charge in [0.2, 0.25) is 0 Å². The van der Waals surface area contributed by atoms with Crippen LogP contribution < -0.4 is 5.32 Å². The van der Waals surface area contributed by atoms with Gasteiger partial charge >= 0.3 is 6.18 Å². The van der Waals surface area contributed by atoms with Crippen molar-refractivity contribution in [1.29, 1.82) is 0 Å². The maximum atomic E-state index is 13.0. The summed E-state index contributed by atoms with van der Waals surface area (Å²) in [4.78, 5) is 18.2. The number of rotatable bonds is 5. The standard InChI is InChI=1S/C19H17F3N2OS2/c1-3-26-18-16(17(25)23-10-13-5-4-8-27-13)11(2)14-7-6-12(19(20,21)22)9-15(14)24-18/h4-9H,3,10H2,1-2H3,(H,23,25). The Bertz CT molecular complexity index is 969. The zero-order valence-electron chi connectivity index (χ0n) is 14.7. The molecule has 0 aliphatic carbocycles. The molecule has 3 nitrogen and oxygen atoms in total. The number of nitrogens with zero attached hydrogens (tertiary/aromatic N) is 1. The Morgan fingerprint density at radius 2 is 2.07 bits per heavy atom. The van der Waals surface area contributed by atoms with Crippen molar-refractivity contribution < 1.29 is 18.0 Å². The molecule has 3 rings (SSSR count). The van der Waals surface area contributed by atoms with E-state index in [1.165, 1.54) is 17.8 Å². The molecule has 0 aliphatic rings. The fourth-order valence-corrected chi connectivity index (χ4v) is 4.23. The van der Waals surface area contributed by atoms with E-state index in [0.717, 1.165) is 17.0 Å². The van der Waals surface area contributed by atoms with Crippen molar-refractivity contribution in [3.63, 3.8) is 0 Å². The fraction of sp³-hybridized carbons (Fsp3) is 0.263. The van der Waals surface area contributed by atoms with Gasteiger partial charge in [-0.2, -0.15) is 13.2 Å². The Morgan fingerprint density at radius 1 is 1.30 bits per heavy atom. The first kappa shape index (κ1) is 19.7. The number of fused-ring (bicyclic) bond motifs is 1. The van der Waals surface area contributed by atoms with Crippen molar-refractivity contribution in [2.45, 2.75) is 31.6 Å². The zero-order chi connectivity index (χ0) is 19.6. The van der Waals surface area contributed by atoms with Gasteiger partial charge in [0.15, 0.2) is 0 Å². The van der Waals surface area contributed by atoms with Gasteiger partial charge in [0.1, 0.15) is 5.03 Å². The number of thioether (sulfide) groups is 1. The summed E-state index contributed by atoms with van der Waals surface area (Å²) < 4.78 is 39.0. The Kier molecular flexibility index (Phi) is 5.76. The van der Waals surface area contributed by atoms with Crippen molar-refractivity contribution in [1.82, 2.24) is 10.3 Å². The molecule has 0 saturated carbocycles. The zero-order valence-corrected chi connectivity index (χ0v) is 16.3. The fourth-order valence-electron chi connectivity index (χ4n) is 2.76. The third-order valence-corrected chi connectivity index (χ3v) is 5.79. The highest BCUT2D eigenvalue weighted by Crippen LogP contribution is 2.34. The van der Waals surface area contributed by atoms with Gasteiger partial charge in [-0.3, -0.25) is 4.79 Å². The van der Waals surface area contributed by atoms with Crippen molar-refractivity contribution >= 4 is 39.9 Å². The number of carbonyl (C=O) groups is 1. The lowest BCUT2D eigenvalue weighted by molar-refractivity contribution is -0.137. The van der Waals surface area contributed by atoms with Crippen LogP contribution in [0.25, 0.3) is 10.9 Å². The average Bonchev–Trinajstić information content (AvgIpc) is 3.12. The molecule has 0 unspecified atom stereocenters. The summed E-state index contributed by atoms with van der Waals surface area (Å²) in [5.74, 6) is 0.383. The van der Waals surface area contributed by atoms with E-state index in [1.54, 1.807) is 18.3 Å². The van der Waals surface area contributed by atoms with Gasteiger partial charge in [0.05, 0.1) is 23.2 Å². The number of pyridine rings is 1. The second-order valence-corrected chi connectivity index (χ2v) is 8.13. The number of amides is 1. The molecule has 2 aromatic heterocycles. The van der Waals surface area contributed by atoms with E-state index in [2.05, 4.69) is 10.3 Å². The van der Waals surface area contributed by atoms with Crippen LogP contribution in [0.4, 0.5) is 13.2 Å². The highest BCUT2D eigenvalue weighted by atomic mass is 32.2. The number of thiophene rings is 1. The number of carbonyl (C=O) groups excluding carboxylic acids is 1. The van der Waals surface area contributed by atoms with Crippen LogP contribution in [0.1, 0.15) is 33.3 Å². The van der Waals surface area contributed by atoms with Crippen molar-refractivity contribution in [2.75, 3.05) is 5.75 Å². The summed E-state index contributed by atoms with van der Waals surface area (Å²) in [6, 6.07) is 7.28. The molecule has 1 amide bonds. The molecule has 1 N–H and O–H groups in total. The predicted molar refractivity (Wildman–Crippen MR) is 103 cm³/mol. The highest BCUT2D eigenvalue weighted by molar-refractivity contribution is 7.99. The van der Waals surface area contributed by atoms with Crippen LogP contribution >= 0.6 is 23.1 Å². The van der Waals surface area contributed by atoms with Crippen LogP contribution in [0.3, 0.4) is 0 Å². The largest absolute Gasteiger partial charge is 0.416 e.